The van der Waals surface area contributed by atoms with E-state index < -0.39 is 0 Å². The Morgan fingerprint density at radius 3 is 3.19 bits per heavy atom. The van der Waals surface area contributed by atoms with E-state index in [1.807, 2.05) is 18.2 Å². The molecule has 0 amide bonds. The van der Waals surface area contributed by atoms with Gasteiger partial charge in [-0.1, -0.05) is 13.3 Å². The van der Waals surface area contributed by atoms with E-state index in [0.29, 0.717) is 12.3 Å². The predicted octanol–water partition coefficient (Wildman–Crippen LogP) is 2.82. The minimum Gasteiger partial charge on any atom is -0.449 e. The Kier molecular flexibility index (Phi) is 3.19. The van der Waals surface area contributed by atoms with Crippen LogP contribution >= 0.6 is 0 Å². The average molecular weight is 218 g/mol. The van der Waals surface area contributed by atoms with E-state index in [2.05, 4.69) is 11.9 Å². The summed E-state index contributed by atoms with van der Waals surface area (Å²) >= 11 is 0. The first-order valence-electron chi connectivity index (χ1n) is 5.42. The maximum absolute atomic E-state index is 11.7. The van der Waals surface area contributed by atoms with Crippen LogP contribution in [0.5, 0.6) is 0 Å². The second kappa shape index (κ2) is 4.79. The van der Waals surface area contributed by atoms with Gasteiger partial charge >= 0.3 is 6.09 Å². The summed E-state index contributed by atoms with van der Waals surface area (Å²) in [5.41, 5.74) is 0.643. The molecule has 0 fully saturated rings. The molecule has 2 aromatic rings. The highest BCUT2D eigenvalue weighted by Crippen LogP contribution is 2.12. The zero-order valence-corrected chi connectivity index (χ0v) is 9.22. The zero-order chi connectivity index (χ0) is 11.4. The van der Waals surface area contributed by atoms with Crippen LogP contribution in [0.15, 0.2) is 30.6 Å². The molecule has 16 heavy (non-hydrogen) atoms. The maximum Gasteiger partial charge on any atom is 0.419 e. The monoisotopic (exact) mass is 218 g/mol. The van der Waals surface area contributed by atoms with Gasteiger partial charge < -0.3 is 4.74 Å². The summed E-state index contributed by atoms with van der Waals surface area (Å²) in [6, 6.07) is 5.61. The molecule has 2 rings (SSSR count). The fourth-order valence-electron chi connectivity index (χ4n) is 1.49. The van der Waals surface area contributed by atoms with Crippen molar-refractivity contribution in [2.75, 3.05) is 6.61 Å². The van der Waals surface area contributed by atoms with Gasteiger partial charge in [0.2, 0.25) is 0 Å². The van der Waals surface area contributed by atoms with Crippen molar-refractivity contribution in [3.8, 4) is 0 Å². The van der Waals surface area contributed by atoms with Gasteiger partial charge in [-0.15, -0.1) is 0 Å². The van der Waals surface area contributed by atoms with Crippen molar-refractivity contribution in [3.05, 3.63) is 30.6 Å². The molecule has 0 aliphatic heterocycles. The summed E-state index contributed by atoms with van der Waals surface area (Å²) < 4.78 is 6.55. The summed E-state index contributed by atoms with van der Waals surface area (Å²) in [6.07, 6.45) is 4.89. The van der Waals surface area contributed by atoms with Crippen LogP contribution in [0.2, 0.25) is 0 Å². The number of hydrogen-bond donors (Lipinski definition) is 0. The van der Waals surface area contributed by atoms with Gasteiger partial charge in [0, 0.05) is 17.8 Å². The van der Waals surface area contributed by atoms with Crippen molar-refractivity contribution in [3.63, 3.8) is 0 Å². The van der Waals surface area contributed by atoms with Gasteiger partial charge in [-0.3, -0.25) is 0 Å². The summed E-state index contributed by atoms with van der Waals surface area (Å²) in [6.45, 7) is 2.52. The SMILES string of the molecule is CCCCOC(=O)n1ccc2cccnc21. The minimum absolute atomic E-state index is 0.359. The number of carbonyl (C=O) groups is 1. The summed E-state index contributed by atoms with van der Waals surface area (Å²) in [5.74, 6) is 0. The third kappa shape index (κ3) is 2.05. The van der Waals surface area contributed by atoms with E-state index in [4.69, 9.17) is 4.74 Å². The number of nitrogens with zero attached hydrogens (tertiary/aromatic N) is 2. The Morgan fingerprint density at radius 2 is 2.38 bits per heavy atom. The van der Waals surface area contributed by atoms with Crippen molar-refractivity contribution < 1.29 is 9.53 Å². The van der Waals surface area contributed by atoms with Crippen LogP contribution in [0, 0.1) is 0 Å². The molecule has 0 saturated heterocycles. The van der Waals surface area contributed by atoms with Gasteiger partial charge in [0.1, 0.15) is 5.65 Å². The summed E-state index contributed by atoms with van der Waals surface area (Å²) in [5, 5.41) is 0.940. The molecular weight excluding hydrogens is 204 g/mol. The van der Waals surface area contributed by atoms with Crippen LogP contribution in [0.1, 0.15) is 19.8 Å². The lowest BCUT2D eigenvalue weighted by Crippen LogP contribution is -2.13. The first-order chi connectivity index (χ1) is 7.83. The van der Waals surface area contributed by atoms with Gasteiger partial charge in [0.15, 0.2) is 0 Å². The van der Waals surface area contributed by atoms with Gasteiger partial charge in [-0.25, -0.2) is 14.3 Å². The summed E-state index contributed by atoms with van der Waals surface area (Å²) in [4.78, 5) is 15.8. The molecule has 0 spiro atoms. The molecule has 0 atom stereocenters. The standard InChI is InChI=1S/C12H14N2O2/c1-2-3-9-16-12(15)14-8-6-10-5-4-7-13-11(10)14/h4-8H,2-3,9H2,1H3. The van der Waals surface area contributed by atoms with E-state index in [1.54, 1.807) is 12.4 Å². The molecule has 0 bridgehead atoms. The highest BCUT2D eigenvalue weighted by molar-refractivity contribution is 5.86. The Morgan fingerprint density at radius 1 is 1.50 bits per heavy atom. The molecule has 0 saturated carbocycles. The normalized spacial score (nSPS) is 10.6. The van der Waals surface area contributed by atoms with Crippen molar-refractivity contribution in [2.45, 2.75) is 19.8 Å². The molecule has 4 nitrogen and oxygen atoms in total. The first-order valence-corrected chi connectivity index (χ1v) is 5.42. The van der Waals surface area contributed by atoms with E-state index in [0.717, 1.165) is 18.2 Å². The van der Waals surface area contributed by atoms with Crippen LogP contribution < -0.4 is 0 Å². The molecule has 2 heterocycles. The van der Waals surface area contributed by atoms with Gasteiger partial charge in [0.05, 0.1) is 6.61 Å². The highest BCUT2D eigenvalue weighted by Gasteiger charge is 2.09. The van der Waals surface area contributed by atoms with Crippen LogP contribution in [0.4, 0.5) is 4.79 Å². The van der Waals surface area contributed by atoms with Gasteiger partial charge in [0.25, 0.3) is 0 Å². The molecular formula is C12H14N2O2. The largest absolute Gasteiger partial charge is 0.449 e. The fourth-order valence-corrected chi connectivity index (χ4v) is 1.49. The van der Waals surface area contributed by atoms with Crippen LogP contribution in [0.25, 0.3) is 11.0 Å². The average Bonchev–Trinajstić information content (AvgIpc) is 2.73. The van der Waals surface area contributed by atoms with E-state index in [9.17, 15) is 4.79 Å². The molecule has 0 radical (unpaired) electrons. The van der Waals surface area contributed by atoms with Crippen molar-refractivity contribution in [2.24, 2.45) is 0 Å². The minimum atomic E-state index is -0.359. The Hall–Kier alpha value is -1.84. The highest BCUT2D eigenvalue weighted by atomic mass is 16.5. The van der Waals surface area contributed by atoms with Crippen molar-refractivity contribution in [1.82, 2.24) is 9.55 Å². The second-order valence-electron chi connectivity index (χ2n) is 3.57. The molecule has 84 valence electrons. The number of pyridine rings is 1. The first kappa shape index (κ1) is 10.7. The Balaban J connectivity index is 2.17. The smallest absolute Gasteiger partial charge is 0.419 e. The van der Waals surface area contributed by atoms with E-state index in [1.165, 1.54) is 4.57 Å². The van der Waals surface area contributed by atoms with Gasteiger partial charge in [-0.05, 0) is 24.6 Å². The third-order valence-corrected chi connectivity index (χ3v) is 2.37. The molecule has 0 aliphatic rings. The number of fused-ring (bicyclic) bond motifs is 1. The van der Waals surface area contributed by atoms with Gasteiger partial charge in [-0.2, -0.15) is 0 Å². The van der Waals surface area contributed by atoms with E-state index in [-0.39, 0.29) is 6.09 Å². The molecule has 0 unspecified atom stereocenters. The van der Waals surface area contributed by atoms with Crippen molar-refractivity contribution >= 4 is 17.1 Å². The topological polar surface area (TPSA) is 44.1 Å². The number of hydrogen-bond acceptors (Lipinski definition) is 3. The van der Waals surface area contributed by atoms with Crippen LogP contribution in [0.3, 0.4) is 0 Å². The number of unbranched alkanes of at least 4 members (excludes halogenated alkanes) is 1. The third-order valence-electron chi connectivity index (χ3n) is 2.37. The molecule has 4 heteroatoms. The predicted molar refractivity (Wildman–Crippen MR) is 61.4 cm³/mol. The summed E-state index contributed by atoms with van der Waals surface area (Å²) in [7, 11) is 0. The van der Waals surface area contributed by atoms with Crippen molar-refractivity contribution in [1.29, 1.82) is 0 Å². The lowest BCUT2D eigenvalue weighted by Gasteiger charge is -2.04. The maximum atomic E-state index is 11.7. The second-order valence-corrected chi connectivity index (χ2v) is 3.57. The number of aromatic nitrogens is 2. The molecule has 2 aromatic heterocycles. The lowest BCUT2D eigenvalue weighted by atomic mass is 10.3. The molecule has 0 aromatic carbocycles. The molecule has 0 N–H and O–H groups in total. The zero-order valence-electron chi connectivity index (χ0n) is 9.22. The van der Waals surface area contributed by atoms with E-state index >= 15 is 0 Å². The van der Waals surface area contributed by atoms with Crippen LogP contribution in [-0.2, 0) is 4.74 Å². The van der Waals surface area contributed by atoms with Crippen LogP contribution in [-0.4, -0.2) is 22.3 Å². The Bertz CT molecular complexity index is 490. The quantitative estimate of drug-likeness (QED) is 0.744. The number of carbonyl (C=O) groups excluding carboxylic acids is 1. The lowest BCUT2D eigenvalue weighted by molar-refractivity contribution is 0.147. The fraction of sp³-hybridized carbons (Fsp3) is 0.333. The number of ether oxygens (including phenoxy) is 1. The molecule has 0 aliphatic carbocycles. The Labute approximate surface area is 93.9 Å². The number of rotatable bonds is 3.